The molecule has 0 aromatic heterocycles. The summed E-state index contributed by atoms with van der Waals surface area (Å²) < 4.78 is 0. The van der Waals surface area contributed by atoms with Gasteiger partial charge in [-0.15, -0.1) is 0 Å². The molecule has 3 rings (SSSR count). The topological polar surface area (TPSA) is 46.3 Å². The number of nitrogens with zero attached hydrogens (tertiary/aromatic N) is 1. The van der Waals surface area contributed by atoms with Gasteiger partial charge >= 0.3 is 0 Å². The van der Waals surface area contributed by atoms with E-state index in [0.29, 0.717) is 0 Å². The van der Waals surface area contributed by atoms with Gasteiger partial charge in [0.1, 0.15) is 0 Å². The van der Waals surface area contributed by atoms with Gasteiger partial charge in [-0.1, -0.05) is 37.5 Å². The third-order valence-corrected chi connectivity index (χ3v) is 4.76. The van der Waals surface area contributed by atoms with Gasteiger partial charge in [0.25, 0.3) is 0 Å². The Morgan fingerprint density at radius 1 is 1.10 bits per heavy atom. The predicted octanol–water partition coefficient (Wildman–Crippen LogP) is 2.87. The molecule has 0 spiro atoms. The molecule has 1 heterocycles. The molecule has 1 aliphatic carbocycles. The first-order valence-electron chi connectivity index (χ1n) is 7.92. The summed E-state index contributed by atoms with van der Waals surface area (Å²) in [6.07, 6.45) is 7.61. The first kappa shape index (κ1) is 13.6. The summed E-state index contributed by atoms with van der Waals surface area (Å²) >= 11 is 0. The molecule has 3 nitrogen and oxygen atoms in total. The molecule has 2 atom stereocenters. The number of para-hydroxylation sites is 1. The molecule has 0 radical (unpaired) electrons. The van der Waals surface area contributed by atoms with Crippen LogP contribution in [0.5, 0.6) is 0 Å². The van der Waals surface area contributed by atoms with Crippen LogP contribution in [0.4, 0.5) is 5.69 Å². The fourth-order valence-electron chi connectivity index (χ4n) is 3.61. The molecule has 1 aliphatic heterocycles. The maximum atomic E-state index is 12.9. The predicted molar refractivity (Wildman–Crippen MR) is 81.7 cm³/mol. The minimum Gasteiger partial charge on any atom is -0.327 e. The molecule has 3 heteroatoms. The fraction of sp³-hybridized carbons (Fsp3) is 0.588. The molecule has 0 bridgehead atoms. The van der Waals surface area contributed by atoms with E-state index in [2.05, 4.69) is 18.2 Å². The van der Waals surface area contributed by atoms with Crippen LogP contribution in [0.15, 0.2) is 24.3 Å². The van der Waals surface area contributed by atoms with Gasteiger partial charge in [0.15, 0.2) is 0 Å². The van der Waals surface area contributed by atoms with E-state index in [1.165, 1.54) is 18.4 Å². The lowest BCUT2D eigenvalue weighted by Crippen LogP contribution is -2.45. The second kappa shape index (κ2) is 5.96. The molecular formula is C17H24N2O. The van der Waals surface area contributed by atoms with E-state index < -0.39 is 0 Å². The van der Waals surface area contributed by atoms with Gasteiger partial charge in [0.2, 0.25) is 5.91 Å². The molecule has 1 aromatic rings. The van der Waals surface area contributed by atoms with Crippen LogP contribution in [0.2, 0.25) is 0 Å². The first-order valence-corrected chi connectivity index (χ1v) is 7.92. The van der Waals surface area contributed by atoms with Crippen LogP contribution >= 0.6 is 0 Å². The van der Waals surface area contributed by atoms with E-state index in [9.17, 15) is 4.79 Å². The van der Waals surface area contributed by atoms with Crippen molar-refractivity contribution in [2.24, 2.45) is 11.7 Å². The molecule has 1 amide bonds. The van der Waals surface area contributed by atoms with Crippen LogP contribution in [0.3, 0.4) is 0 Å². The van der Waals surface area contributed by atoms with E-state index in [0.717, 1.165) is 44.3 Å². The normalized spacial score (nSPS) is 26.8. The van der Waals surface area contributed by atoms with Crippen LogP contribution < -0.4 is 10.6 Å². The van der Waals surface area contributed by atoms with Gasteiger partial charge in [-0.2, -0.15) is 0 Å². The standard InChI is InChI=1S/C17H24N2O/c18-15-10-3-1-2-9-14(15)17(20)19-12-6-8-13-7-4-5-11-16(13)19/h4-5,7,11,14-15H,1-3,6,8-10,12,18H2. The molecule has 1 saturated carbocycles. The highest BCUT2D eigenvalue weighted by atomic mass is 16.2. The highest BCUT2D eigenvalue weighted by molar-refractivity contribution is 5.96. The van der Waals surface area contributed by atoms with Gasteiger partial charge < -0.3 is 10.6 Å². The molecule has 108 valence electrons. The Kier molecular flexibility index (Phi) is 4.06. The Labute approximate surface area is 121 Å². The van der Waals surface area contributed by atoms with E-state index in [1.807, 2.05) is 11.0 Å². The van der Waals surface area contributed by atoms with Crippen molar-refractivity contribution in [3.8, 4) is 0 Å². The maximum Gasteiger partial charge on any atom is 0.231 e. The molecule has 1 fully saturated rings. The molecule has 2 aliphatic rings. The third-order valence-electron chi connectivity index (χ3n) is 4.76. The number of nitrogens with two attached hydrogens (primary N) is 1. The second-order valence-electron chi connectivity index (χ2n) is 6.13. The summed E-state index contributed by atoms with van der Waals surface area (Å²) in [6, 6.07) is 8.34. The van der Waals surface area contributed by atoms with Gasteiger partial charge in [-0.3, -0.25) is 4.79 Å². The van der Waals surface area contributed by atoms with Gasteiger partial charge in [-0.25, -0.2) is 0 Å². The van der Waals surface area contributed by atoms with Crippen molar-refractivity contribution >= 4 is 11.6 Å². The van der Waals surface area contributed by atoms with E-state index >= 15 is 0 Å². The summed E-state index contributed by atoms with van der Waals surface area (Å²) in [5, 5.41) is 0. The summed E-state index contributed by atoms with van der Waals surface area (Å²) in [6.45, 7) is 0.846. The van der Waals surface area contributed by atoms with Crippen molar-refractivity contribution in [1.29, 1.82) is 0 Å². The van der Waals surface area contributed by atoms with Crippen molar-refractivity contribution in [3.63, 3.8) is 0 Å². The van der Waals surface area contributed by atoms with Crippen molar-refractivity contribution in [3.05, 3.63) is 29.8 Å². The maximum absolute atomic E-state index is 12.9. The van der Waals surface area contributed by atoms with Crippen LogP contribution in [0, 0.1) is 5.92 Å². The average Bonchev–Trinajstić information content (AvgIpc) is 2.70. The van der Waals surface area contributed by atoms with E-state index in [1.54, 1.807) is 0 Å². The lowest BCUT2D eigenvalue weighted by atomic mass is 9.92. The van der Waals surface area contributed by atoms with Crippen molar-refractivity contribution in [1.82, 2.24) is 0 Å². The number of rotatable bonds is 1. The number of anilines is 1. The highest BCUT2D eigenvalue weighted by Crippen LogP contribution is 2.31. The Bertz CT molecular complexity index is 486. The molecule has 2 N–H and O–H groups in total. The monoisotopic (exact) mass is 272 g/mol. The number of amides is 1. The quantitative estimate of drug-likeness (QED) is 0.799. The first-order chi connectivity index (χ1) is 9.77. The van der Waals surface area contributed by atoms with Crippen LogP contribution in [-0.4, -0.2) is 18.5 Å². The zero-order valence-corrected chi connectivity index (χ0v) is 12.1. The zero-order valence-electron chi connectivity index (χ0n) is 12.1. The minimum atomic E-state index is 0.0173. The number of fused-ring (bicyclic) bond motifs is 1. The Balaban J connectivity index is 1.84. The largest absolute Gasteiger partial charge is 0.327 e. The zero-order chi connectivity index (χ0) is 13.9. The van der Waals surface area contributed by atoms with Crippen molar-refractivity contribution < 1.29 is 4.79 Å². The number of aryl methyl sites for hydroxylation is 1. The van der Waals surface area contributed by atoms with E-state index in [4.69, 9.17) is 5.73 Å². The smallest absolute Gasteiger partial charge is 0.231 e. The van der Waals surface area contributed by atoms with Gasteiger partial charge in [0, 0.05) is 18.3 Å². The number of carbonyl (C=O) groups is 1. The summed E-state index contributed by atoms with van der Waals surface area (Å²) in [4.78, 5) is 14.9. The van der Waals surface area contributed by atoms with Gasteiger partial charge in [-0.05, 0) is 37.3 Å². The number of hydrogen-bond donors (Lipinski definition) is 1. The van der Waals surface area contributed by atoms with Crippen molar-refractivity contribution in [2.45, 2.75) is 51.0 Å². The van der Waals surface area contributed by atoms with Crippen molar-refractivity contribution in [2.75, 3.05) is 11.4 Å². The number of carbonyl (C=O) groups excluding carboxylic acids is 1. The summed E-state index contributed by atoms with van der Waals surface area (Å²) in [5.41, 5.74) is 8.67. The van der Waals surface area contributed by atoms with Crippen LogP contribution in [0.25, 0.3) is 0 Å². The third kappa shape index (κ3) is 2.59. The minimum absolute atomic E-state index is 0.0173. The Morgan fingerprint density at radius 2 is 1.90 bits per heavy atom. The average molecular weight is 272 g/mol. The summed E-state index contributed by atoms with van der Waals surface area (Å²) in [5.74, 6) is 0.273. The highest BCUT2D eigenvalue weighted by Gasteiger charge is 2.32. The molecule has 2 unspecified atom stereocenters. The number of hydrogen-bond acceptors (Lipinski definition) is 2. The fourth-order valence-corrected chi connectivity index (χ4v) is 3.61. The molecule has 1 aromatic carbocycles. The lowest BCUT2D eigenvalue weighted by molar-refractivity contribution is -0.123. The Morgan fingerprint density at radius 3 is 2.80 bits per heavy atom. The lowest BCUT2D eigenvalue weighted by Gasteiger charge is -2.33. The molecule has 20 heavy (non-hydrogen) atoms. The van der Waals surface area contributed by atoms with E-state index in [-0.39, 0.29) is 17.9 Å². The second-order valence-corrected chi connectivity index (χ2v) is 6.13. The van der Waals surface area contributed by atoms with Crippen LogP contribution in [-0.2, 0) is 11.2 Å². The SMILES string of the molecule is NC1CCCCCC1C(=O)N1CCCc2ccccc21. The Hall–Kier alpha value is -1.35. The van der Waals surface area contributed by atoms with Gasteiger partial charge in [0.05, 0.1) is 5.92 Å². The summed E-state index contributed by atoms with van der Waals surface area (Å²) in [7, 11) is 0. The molecular weight excluding hydrogens is 248 g/mol. The molecule has 0 saturated heterocycles. The number of benzene rings is 1. The van der Waals surface area contributed by atoms with Crippen LogP contribution in [0.1, 0.15) is 44.1 Å².